The first-order valence-electron chi connectivity index (χ1n) is 11.6. The average molecular weight is 427 g/mol. The molecule has 4 heteroatoms. The van der Waals surface area contributed by atoms with Gasteiger partial charge in [-0.3, -0.25) is 9.97 Å². The molecule has 4 nitrogen and oxygen atoms in total. The highest BCUT2D eigenvalue weighted by Gasteiger charge is 2.32. The van der Waals surface area contributed by atoms with E-state index in [-0.39, 0.29) is 10.8 Å². The fourth-order valence-electron chi connectivity index (χ4n) is 5.06. The van der Waals surface area contributed by atoms with Crippen molar-refractivity contribution >= 4 is 22.1 Å². The van der Waals surface area contributed by atoms with Gasteiger partial charge in [0, 0.05) is 68.5 Å². The molecule has 0 saturated heterocycles. The zero-order valence-corrected chi connectivity index (χ0v) is 20.6. The van der Waals surface area contributed by atoms with E-state index < -0.39 is 0 Å². The molecule has 2 aliphatic rings. The molecule has 166 valence electrons. The van der Waals surface area contributed by atoms with Crippen LogP contribution >= 0.6 is 0 Å². The molecule has 0 saturated carbocycles. The summed E-state index contributed by atoms with van der Waals surface area (Å²) in [5, 5.41) is 0. The molecule has 0 aliphatic carbocycles. The second-order valence-corrected chi connectivity index (χ2v) is 11.1. The van der Waals surface area contributed by atoms with Gasteiger partial charge in [0.05, 0.1) is 0 Å². The molecule has 0 spiro atoms. The van der Waals surface area contributed by atoms with Crippen molar-refractivity contribution in [1.82, 2.24) is 19.9 Å². The Labute approximate surface area is 190 Å². The largest absolute Gasteiger partial charge is 0.355 e. The van der Waals surface area contributed by atoms with E-state index in [0.717, 1.165) is 57.7 Å². The Morgan fingerprint density at radius 2 is 0.938 bits per heavy atom. The van der Waals surface area contributed by atoms with Gasteiger partial charge in [0.15, 0.2) is 0 Å². The first kappa shape index (κ1) is 21.0. The number of rotatable bonds is 0. The number of hydrogen-bond acceptors (Lipinski definition) is 2. The number of aryl methyl sites for hydroxylation is 4. The van der Waals surface area contributed by atoms with Crippen LogP contribution in [0.25, 0.3) is 22.1 Å². The molecule has 0 radical (unpaired) electrons. The summed E-state index contributed by atoms with van der Waals surface area (Å²) in [5.74, 6) is 0. The van der Waals surface area contributed by atoms with Gasteiger partial charge in [0.25, 0.3) is 0 Å². The summed E-state index contributed by atoms with van der Waals surface area (Å²) < 4.78 is 0. The fourth-order valence-corrected chi connectivity index (χ4v) is 5.06. The van der Waals surface area contributed by atoms with E-state index in [2.05, 4.69) is 89.6 Å². The zero-order chi connectivity index (χ0) is 23.0. The maximum atomic E-state index is 5.08. The van der Waals surface area contributed by atoms with E-state index >= 15 is 0 Å². The van der Waals surface area contributed by atoms with Crippen LogP contribution in [0.5, 0.6) is 0 Å². The lowest BCUT2D eigenvalue weighted by Crippen LogP contribution is -2.16. The summed E-state index contributed by atoms with van der Waals surface area (Å²) in [4.78, 5) is 17.5. The Balaban J connectivity index is 1.94. The van der Waals surface area contributed by atoms with Crippen molar-refractivity contribution in [2.24, 2.45) is 0 Å². The number of H-pyrrole nitrogens is 2. The maximum Gasteiger partial charge on any atom is 0.0487 e. The molecule has 2 aliphatic heterocycles. The van der Waals surface area contributed by atoms with Crippen molar-refractivity contribution in [1.29, 1.82) is 0 Å². The summed E-state index contributed by atoms with van der Waals surface area (Å²) in [6.07, 6.45) is 1.87. The van der Waals surface area contributed by atoms with Crippen molar-refractivity contribution in [2.75, 3.05) is 0 Å². The van der Waals surface area contributed by atoms with E-state index in [0.29, 0.717) is 0 Å². The summed E-state index contributed by atoms with van der Waals surface area (Å²) in [5.41, 5.74) is 14.3. The summed E-state index contributed by atoms with van der Waals surface area (Å²) in [6.45, 7) is 17.9. The van der Waals surface area contributed by atoms with Crippen molar-refractivity contribution in [3.8, 4) is 0 Å². The second-order valence-electron chi connectivity index (χ2n) is 11.1. The lowest BCUT2D eigenvalue weighted by atomic mass is 9.84. The molecule has 0 aromatic carbocycles. The van der Waals surface area contributed by atoms with Crippen LogP contribution in [0.3, 0.4) is 0 Å². The first-order chi connectivity index (χ1) is 14.9. The van der Waals surface area contributed by atoms with Gasteiger partial charge in [0.1, 0.15) is 0 Å². The number of fused-ring (bicyclic) bond motifs is 8. The van der Waals surface area contributed by atoms with E-state index in [9.17, 15) is 0 Å². The Bertz CT molecular complexity index is 1410. The van der Waals surface area contributed by atoms with E-state index in [1.54, 1.807) is 0 Å². The molecule has 0 fully saturated rings. The highest BCUT2D eigenvalue weighted by molar-refractivity contribution is 5.78. The number of aromatic amines is 2. The summed E-state index contributed by atoms with van der Waals surface area (Å²) in [7, 11) is 0. The zero-order valence-electron chi connectivity index (χ0n) is 20.6. The monoisotopic (exact) mass is 426 g/mol. The molecule has 5 rings (SSSR count). The predicted octanol–water partition coefficient (Wildman–Crippen LogP) is 6.59. The molecule has 8 bridgehead atoms. The quantitative estimate of drug-likeness (QED) is 0.426. The Hall–Kier alpha value is -2.88. The van der Waals surface area contributed by atoms with Gasteiger partial charge < -0.3 is 9.97 Å². The Morgan fingerprint density at radius 3 is 1.44 bits per heavy atom. The van der Waals surface area contributed by atoms with Crippen LogP contribution in [0.15, 0.2) is 24.3 Å². The average Bonchev–Trinajstić information content (AvgIpc) is 3.32. The molecule has 32 heavy (non-hydrogen) atoms. The molecule has 0 amide bonds. The third-order valence-electron chi connectivity index (χ3n) is 7.62. The topological polar surface area (TPSA) is 57.4 Å². The van der Waals surface area contributed by atoms with Gasteiger partial charge in [-0.25, -0.2) is 0 Å². The van der Waals surface area contributed by atoms with Gasteiger partial charge in [-0.2, -0.15) is 0 Å². The van der Waals surface area contributed by atoms with Crippen molar-refractivity contribution in [3.05, 3.63) is 69.3 Å². The minimum atomic E-state index is -0.00123. The van der Waals surface area contributed by atoms with Crippen LogP contribution in [-0.2, 0) is 23.7 Å². The minimum absolute atomic E-state index is 0.00123. The lowest BCUT2D eigenvalue weighted by Gasteiger charge is -2.17. The molecule has 0 atom stereocenters. The molecule has 3 aromatic heterocycles. The minimum Gasteiger partial charge on any atom is -0.355 e. The molecule has 0 unspecified atom stereocenters. The number of nitrogens with zero attached hydrogens (tertiary/aromatic N) is 2. The predicted molar refractivity (Wildman–Crippen MR) is 133 cm³/mol. The van der Waals surface area contributed by atoms with Crippen molar-refractivity contribution in [3.63, 3.8) is 0 Å². The number of aromatic nitrogens is 4. The maximum absolute atomic E-state index is 5.08. The van der Waals surface area contributed by atoms with E-state index in [1.165, 1.54) is 22.3 Å². The van der Waals surface area contributed by atoms with Gasteiger partial charge in [-0.05, 0) is 74.2 Å². The third kappa shape index (κ3) is 3.28. The highest BCUT2D eigenvalue weighted by atomic mass is 14.8. The van der Waals surface area contributed by atoms with Crippen LogP contribution in [0.2, 0.25) is 0 Å². The van der Waals surface area contributed by atoms with Gasteiger partial charge in [-0.1, -0.05) is 27.7 Å². The van der Waals surface area contributed by atoms with Crippen LogP contribution in [0, 0.1) is 27.7 Å². The van der Waals surface area contributed by atoms with Crippen LogP contribution in [0.1, 0.15) is 72.7 Å². The third-order valence-corrected chi connectivity index (χ3v) is 7.62. The van der Waals surface area contributed by atoms with Crippen molar-refractivity contribution < 1.29 is 0 Å². The van der Waals surface area contributed by atoms with Gasteiger partial charge >= 0.3 is 0 Å². The van der Waals surface area contributed by atoms with E-state index in [1.807, 2.05) is 0 Å². The molecule has 2 N–H and O–H groups in total. The Morgan fingerprint density at radius 1 is 0.562 bits per heavy atom. The molecule has 3 aromatic rings. The van der Waals surface area contributed by atoms with Crippen LogP contribution in [-0.4, -0.2) is 19.9 Å². The summed E-state index contributed by atoms with van der Waals surface area (Å²) >= 11 is 0. The van der Waals surface area contributed by atoms with Gasteiger partial charge in [-0.15, -0.1) is 0 Å². The molecular weight excluding hydrogens is 392 g/mol. The van der Waals surface area contributed by atoms with Crippen LogP contribution in [0.4, 0.5) is 0 Å². The standard InChI is InChI=1S/C28H34N4/c1-15-16(2)22-11-23-17(3)18(4)24(32-23)12-26-28(7,8)14-20(30-26)10-25-27(5,6)13-19(29-25)9-21(15)31-22/h9-12,31-32H,13-14H2,1-8H3. The molecule has 5 heterocycles. The highest BCUT2D eigenvalue weighted by Crippen LogP contribution is 2.35. The lowest BCUT2D eigenvalue weighted by molar-refractivity contribution is 0.534. The Kier molecular flexibility index (Phi) is 4.47. The summed E-state index contributed by atoms with van der Waals surface area (Å²) in [6, 6.07) is 8.96. The molecular formula is C28H34N4. The SMILES string of the molecule is Cc1c(C)c2cc3[nH]c(cc4nc(cc5nc(cc1[nH]2)CC5(C)C)CC4(C)C)c(C)c3C. The normalized spacial score (nSPS) is 17.0. The number of nitrogens with one attached hydrogen (secondary N) is 2. The fraction of sp³-hybridized carbons (Fsp3) is 0.429. The van der Waals surface area contributed by atoms with Crippen LogP contribution < -0.4 is 0 Å². The van der Waals surface area contributed by atoms with Gasteiger partial charge in [0.2, 0.25) is 0 Å². The first-order valence-corrected chi connectivity index (χ1v) is 11.6. The van der Waals surface area contributed by atoms with Crippen molar-refractivity contribution in [2.45, 2.75) is 79.1 Å². The smallest absolute Gasteiger partial charge is 0.0487 e. The van der Waals surface area contributed by atoms with E-state index in [4.69, 9.17) is 9.97 Å². The second kappa shape index (κ2) is 6.81. The number of hydrogen-bond donors (Lipinski definition) is 2.